The standard InChI is InChI=1S/C20H16BrN3O3S/c21-15-8-6-13(7-9-15)19(26)24-20(28)23-16-4-1-3-14(11-16)18(25)22-12-17-5-2-10-27-17/h1-11H,12H2,(H,22,25)(H2,23,24,26,28). The van der Waals surface area contributed by atoms with Gasteiger partial charge in [-0.15, -0.1) is 0 Å². The predicted molar refractivity (Wildman–Crippen MR) is 114 cm³/mol. The summed E-state index contributed by atoms with van der Waals surface area (Å²) in [7, 11) is 0. The van der Waals surface area contributed by atoms with Gasteiger partial charge in [0.05, 0.1) is 12.8 Å². The molecule has 3 rings (SSSR count). The van der Waals surface area contributed by atoms with Crippen LogP contribution in [0.15, 0.2) is 75.8 Å². The van der Waals surface area contributed by atoms with E-state index in [2.05, 4.69) is 31.9 Å². The maximum absolute atomic E-state index is 12.3. The Morgan fingerprint density at radius 3 is 2.46 bits per heavy atom. The van der Waals surface area contributed by atoms with Crippen molar-refractivity contribution < 1.29 is 14.0 Å². The topological polar surface area (TPSA) is 83.4 Å². The maximum Gasteiger partial charge on any atom is 0.257 e. The Labute approximate surface area is 175 Å². The second-order valence-electron chi connectivity index (χ2n) is 5.76. The molecule has 0 atom stereocenters. The minimum absolute atomic E-state index is 0.140. The van der Waals surface area contributed by atoms with Crippen molar-refractivity contribution in [2.75, 3.05) is 5.32 Å². The van der Waals surface area contributed by atoms with Crippen LogP contribution < -0.4 is 16.0 Å². The summed E-state index contributed by atoms with van der Waals surface area (Å²) in [5.41, 5.74) is 1.53. The lowest BCUT2D eigenvalue weighted by Gasteiger charge is -2.11. The average Bonchev–Trinajstić information content (AvgIpc) is 3.20. The van der Waals surface area contributed by atoms with Crippen LogP contribution >= 0.6 is 28.1 Å². The Balaban J connectivity index is 1.57. The molecule has 6 nitrogen and oxygen atoms in total. The molecular weight excluding hydrogens is 442 g/mol. The number of carbonyl (C=O) groups excluding carboxylic acids is 2. The minimum atomic E-state index is -0.322. The van der Waals surface area contributed by atoms with Gasteiger partial charge in [-0.25, -0.2) is 0 Å². The number of hydrogen-bond acceptors (Lipinski definition) is 4. The highest BCUT2D eigenvalue weighted by Crippen LogP contribution is 2.12. The maximum atomic E-state index is 12.3. The molecule has 0 saturated carbocycles. The minimum Gasteiger partial charge on any atom is -0.467 e. The van der Waals surface area contributed by atoms with Crippen LogP contribution in [0, 0.1) is 0 Å². The van der Waals surface area contributed by atoms with Gasteiger partial charge >= 0.3 is 0 Å². The molecule has 3 aromatic rings. The number of carbonyl (C=O) groups is 2. The molecule has 2 aromatic carbocycles. The van der Waals surface area contributed by atoms with Crippen molar-refractivity contribution in [1.29, 1.82) is 0 Å². The summed E-state index contributed by atoms with van der Waals surface area (Å²) in [5, 5.41) is 8.43. The molecule has 142 valence electrons. The molecule has 8 heteroatoms. The Hall–Kier alpha value is -2.97. The Morgan fingerprint density at radius 1 is 0.964 bits per heavy atom. The van der Waals surface area contributed by atoms with Crippen LogP contribution in [-0.2, 0) is 6.54 Å². The molecule has 0 aliphatic rings. The summed E-state index contributed by atoms with van der Waals surface area (Å²) in [6.45, 7) is 0.297. The van der Waals surface area contributed by atoms with Gasteiger partial charge < -0.3 is 15.1 Å². The van der Waals surface area contributed by atoms with Crippen LogP contribution in [0.5, 0.6) is 0 Å². The normalized spacial score (nSPS) is 10.2. The molecule has 1 aromatic heterocycles. The van der Waals surface area contributed by atoms with Gasteiger partial charge in [-0.3, -0.25) is 14.9 Å². The van der Waals surface area contributed by atoms with E-state index >= 15 is 0 Å². The highest BCUT2D eigenvalue weighted by atomic mass is 79.9. The van der Waals surface area contributed by atoms with Crippen molar-refractivity contribution in [3.8, 4) is 0 Å². The first-order valence-electron chi connectivity index (χ1n) is 8.30. The number of thiocarbonyl (C=S) groups is 1. The lowest BCUT2D eigenvalue weighted by molar-refractivity contribution is 0.0946. The van der Waals surface area contributed by atoms with Crippen LogP contribution in [0.1, 0.15) is 26.5 Å². The van der Waals surface area contributed by atoms with Gasteiger partial charge in [0.15, 0.2) is 5.11 Å². The fourth-order valence-corrected chi connectivity index (χ4v) is 2.83. The van der Waals surface area contributed by atoms with Gasteiger partial charge in [0.2, 0.25) is 0 Å². The molecule has 0 radical (unpaired) electrons. The van der Waals surface area contributed by atoms with Crippen LogP contribution in [0.4, 0.5) is 5.69 Å². The molecule has 0 bridgehead atoms. The molecule has 0 saturated heterocycles. The third kappa shape index (κ3) is 5.51. The zero-order chi connectivity index (χ0) is 19.9. The number of nitrogens with one attached hydrogen (secondary N) is 3. The third-order valence-electron chi connectivity index (χ3n) is 3.72. The summed E-state index contributed by atoms with van der Waals surface area (Å²) in [6, 6.07) is 17.3. The number of halogens is 1. The summed E-state index contributed by atoms with van der Waals surface area (Å²) < 4.78 is 6.07. The number of anilines is 1. The third-order valence-corrected chi connectivity index (χ3v) is 4.45. The molecular formula is C20H16BrN3O3S. The zero-order valence-corrected chi connectivity index (χ0v) is 17.0. The van der Waals surface area contributed by atoms with Crippen molar-refractivity contribution in [2.24, 2.45) is 0 Å². The zero-order valence-electron chi connectivity index (χ0n) is 14.6. The van der Waals surface area contributed by atoms with Crippen LogP contribution in [0.25, 0.3) is 0 Å². The largest absolute Gasteiger partial charge is 0.467 e. The van der Waals surface area contributed by atoms with Gasteiger partial charge in [0.1, 0.15) is 5.76 Å². The van der Waals surface area contributed by atoms with Gasteiger partial charge in [0, 0.05) is 21.3 Å². The monoisotopic (exact) mass is 457 g/mol. The van der Waals surface area contributed by atoms with Gasteiger partial charge in [-0.05, 0) is 66.8 Å². The van der Waals surface area contributed by atoms with E-state index in [-0.39, 0.29) is 16.9 Å². The first-order chi connectivity index (χ1) is 13.5. The molecule has 2 amide bonds. The summed E-state index contributed by atoms with van der Waals surface area (Å²) in [5.74, 6) is 0.0988. The van der Waals surface area contributed by atoms with Crippen LogP contribution in [-0.4, -0.2) is 16.9 Å². The van der Waals surface area contributed by atoms with Crippen molar-refractivity contribution >= 4 is 50.8 Å². The number of hydrogen-bond donors (Lipinski definition) is 3. The van der Waals surface area contributed by atoms with E-state index in [0.29, 0.717) is 29.1 Å². The van der Waals surface area contributed by atoms with Crippen LogP contribution in [0.3, 0.4) is 0 Å². The summed E-state index contributed by atoms with van der Waals surface area (Å²) >= 11 is 8.51. The SMILES string of the molecule is O=C(NCc1ccco1)c1cccc(NC(=S)NC(=O)c2ccc(Br)cc2)c1. The van der Waals surface area contributed by atoms with E-state index in [1.54, 1.807) is 66.9 Å². The lowest BCUT2D eigenvalue weighted by Crippen LogP contribution is -2.34. The second-order valence-corrected chi connectivity index (χ2v) is 7.08. The number of rotatable bonds is 5. The highest BCUT2D eigenvalue weighted by Gasteiger charge is 2.10. The first-order valence-corrected chi connectivity index (χ1v) is 9.50. The highest BCUT2D eigenvalue weighted by molar-refractivity contribution is 9.10. The number of amides is 2. The van der Waals surface area contributed by atoms with E-state index in [0.717, 1.165) is 4.47 Å². The Bertz CT molecular complexity index is 988. The van der Waals surface area contributed by atoms with E-state index in [9.17, 15) is 9.59 Å². The molecule has 28 heavy (non-hydrogen) atoms. The van der Waals surface area contributed by atoms with Crippen molar-refractivity contribution in [1.82, 2.24) is 10.6 Å². The average molecular weight is 458 g/mol. The van der Waals surface area contributed by atoms with Crippen LogP contribution in [0.2, 0.25) is 0 Å². The van der Waals surface area contributed by atoms with Gasteiger partial charge in [0.25, 0.3) is 11.8 Å². The number of benzene rings is 2. The smallest absolute Gasteiger partial charge is 0.257 e. The molecule has 0 aliphatic carbocycles. The van der Waals surface area contributed by atoms with Crippen molar-refractivity contribution in [2.45, 2.75) is 6.54 Å². The number of furan rings is 1. The van der Waals surface area contributed by atoms with E-state index in [1.807, 2.05) is 0 Å². The molecule has 0 aliphatic heterocycles. The molecule has 0 unspecified atom stereocenters. The molecule has 0 fully saturated rings. The van der Waals surface area contributed by atoms with E-state index in [1.165, 1.54) is 0 Å². The first kappa shape index (κ1) is 19.8. The van der Waals surface area contributed by atoms with Crippen molar-refractivity contribution in [3.05, 3.63) is 88.3 Å². The lowest BCUT2D eigenvalue weighted by atomic mass is 10.2. The Morgan fingerprint density at radius 2 is 1.75 bits per heavy atom. The summed E-state index contributed by atoms with van der Waals surface area (Å²) in [4.78, 5) is 24.5. The van der Waals surface area contributed by atoms with E-state index < -0.39 is 0 Å². The van der Waals surface area contributed by atoms with Crippen molar-refractivity contribution in [3.63, 3.8) is 0 Å². The summed E-state index contributed by atoms with van der Waals surface area (Å²) in [6.07, 6.45) is 1.55. The fourth-order valence-electron chi connectivity index (χ4n) is 2.36. The molecule has 1 heterocycles. The Kier molecular flexibility index (Phi) is 6.57. The van der Waals surface area contributed by atoms with Gasteiger partial charge in [-0.2, -0.15) is 0 Å². The van der Waals surface area contributed by atoms with E-state index in [4.69, 9.17) is 16.6 Å². The fraction of sp³-hybridized carbons (Fsp3) is 0.0500. The second kappa shape index (κ2) is 9.29. The van der Waals surface area contributed by atoms with Gasteiger partial charge in [-0.1, -0.05) is 22.0 Å². The quantitative estimate of drug-likeness (QED) is 0.502. The molecule has 0 spiro atoms. The molecule has 3 N–H and O–H groups in total. The predicted octanol–water partition coefficient (Wildman–Crippen LogP) is 4.10.